The standard InChI is InChI=1S/C17H25F9O2/c18-14(19,15(20,21)16(22,23)17(24,25)26)10-6-4-2-1-3-5-7-11-27-13-9-8-12-28-13/h13H,1-12H2. The van der Waals surface area contributed by atoms with Crippen LogP contribution in [0.15, 0.2) is 0 Å². The van der Waals surface area contributed by atoms with Gasteiger partial charge in [-0.2, -0.15) is 39.5 Å². The third-order valence-corrected chi connectivity index (χ3v) is 4.54. The molecule has 0 aromatic heterocycles. The summed E-state index contributed by atoms with van der Waals surface area (Å²) in [5.41, 5.74) is 0. The molecule has 1 unspecified atom stereocenters. The van der Waals surface area contributed by atoms with Gasteiger partial charge in [-0.1, -0.05) is 32.1 Å². The number of hydrogen-bond acceptors (Lipinski definition) is 2. The number of rotatable bonds is 13. The van der Waals surface area contributed by atoms with E-state index in [-0.39, 0.29) is 12.7 Å². The normalized spacial score (nSPS) is 19.4. The van der Waals surface area contributed by atoms with Crippen LogP contribution in [-0.2, 0) is 9.47 Å². The lowest BCUT2D eigenvalue weighted by Gasteiger charge is -2.33. The Hall–Kier alpha value is -0.710. The first-order chi connectivity index (χ1) is 12.8. The van der Waals surface area contributed by atoms with Crippen molar-refractivity contribution in [2.75, 3.05) is 13.2 Å². The Morgan fingerprint density at radius 3 is 1.75 bits per heavy atom. The predicted molar refractivity (Wildman–Crippen MR) is 82.8 cm³/mol. The third-order valence-electron chi connectivity index (χ3n) is 4.54. The molecule has 0 spiro atoms. The lowest BCUT2D eigenvalue weighted by atomic mass is 9.98. The molecular weight excluding hydrogens is 407 g/mol. The first-order valence-electron chi connectivity index (χ1n) is 9.26. The van der Waals surface area contributed by atoms with E-state index in [9.17, 15) is 39.5 Å². The highest BCUT2D eigenvalue weighted by Crippen LogP contribution is 2.54. The van der Waals surface area contributed by atoms with Crippen molar-refractivity contribution < 1.29 is 49.0 Å². The third kappa shape index (κ3) is 6.67. The Bertz CT molecular complexity index is 446. The molecule has 168 valence electrons. The molecule has 0 aromatic carbocycles. The van der Waals surface area contributed by atoms with Crippen LogP contribution in [0, 0.1) is 0 Å². The molecule has 0 bridgehead atoms. The fraction of sp³-hybridized carbons (Fsp3) is 1.00. The summed E-state index contributed by atoms with van der Waals surface area (Å²) in [7, 11) is 0. The van der Waals surface area contributed by atoms with Crippen molar-refractivity contribution in [3.05, 3.63) is 0 Å². The summed E-state index contributed by atoms with van der Waals surface area (Å²) in [6.45, 7) is 1.21. The molecule has 1 aliphatic heterocycles. The second kappa shape index (κ2) is 10.4. The maximum atomic E-state index is 13.3. The average molecular weight is 432 g/mol. The quantitative estimate of drug-likeness (QED) is 0.237. The summed E-state index contributed by atoms with van der Waals surface area (Å²) in [5, 5.41) is 0. The van der Waals surface area contributed by atoms with Gasteiger partial charge < -0.3 is 9.47 Å². The van der Waals surface area contributed by atoms with Crippen LogP contribution < -0.4 is 0 Å². The molecule has 1 fully saturated rings. The summed E-state index contributed by atoms with van der Waals surface area (Å²) in [4.78, 5) is 0. The molecule has 1 aliphatic rings. The summed E-state index contributed by atoms with van der Waals surface area (Å²) < 4.78 is 125. The molecule has 11 heteroatoms. The first-order valence-corrected chi connectivity index (χ1v) is 9.26. The van der Waals surface area contributed by atoms with Gasteiger partial charge in [0.25, 0.3) is 0 Å². The maximum absolute atomic E-state index is 13.3. The molecular formula is C17H25F9O2. The van der Waals surface area contributed by atoms with Crippen molar-refractivity contribution in [2.24, 2.45) is 0 Å². The van der Waals surface area contributed by atoms with Gasteiger partial charge in [-0.3, -0.25) is 0 Å². The minimum Gasteiger partial charge on any atom is -0.353 e. The molecule has 0 N–H and O–H groups in total. The topological polar surface area (TPSA) is 18.5 Å². The van der Waals surface area contributed by atoms with Gasteiger partial charge in [0, 0.05) is 26.1 Å². The van der Waals surface area contributed by atoms with E-state index in [0.29, 0.717) is 26.1 Å². The monoisotopic (exact) mass is 432 g/mol. The zero-order valence-electron chi connectivity index (χ0n) is 15.3. The van der Waals surface area contributed by atoms with Gasteiger partial charge in [0.1, 0.15) is 0 Å². The molecule has 0 saturated carbocycles. The van der Waals surface area contributed by atoms with Gasteiger partial charge in [0.15, 0.2) is 6.29 Å². The van der Waals surface area contributed by atoms with Gasteiger partial charge in [0.2, 0.25) is 0 Å². The largest absolute Gasteiger partial charge is 0.460 e. The van der Waals surface area contributed by atoms with Crippen LogP contribution in [0.2, 0.25) is 0 Å². The molecule has 1 saturated heterocycles. The van der Waals surface area contributed by atoms with Crippen molar-refractivity contribution in [1.29, 1.82) is 0 Å². The number of hydrogen-bond donors (Lipinski definition) is 0. The number of ether oxygens (including phenoxy) is 2. The number of unbranched alkanes of at least 4 members (excludes halogenated alkanes) is 6. The van der Waals surface area contributed by atoms with Crippen molar-refractivity contribution in [2.45, 2.75) is 94.4 Å². The second-order valence-electron chi connectivity index (χ2n) is 6.89. The lowest BCUT2D eigenvalue weighted by Crippen LogP contribution is -2.60. The Labute approximate surface area is 157 Å². The summed E-state index contributed by atoms with van der Waals surface area (Å²) in [6, 6.07) is 0. The highest BCUT2D eigenvalue weighted by Gasteiger charge is 2.81. The molecule has 2 nitrogen and oxygen atoms in total. The fourth-order valence-electron chi connectivity index (χ4n) is 2.79. The molecule has 0 amide bonds. The highest BCUT2D eigenvalue weighted by atomic mass is 19.4. The zero-order chi connectivity index (χ0) is 21.5. The molecule has 1 rings (SSSR count). The van der Waals surface area contributed by atoms with E-state index in [1.807, 2.05) is 0 Å². The Balaban J connectivity index is 2.16. The second-order valence-corrected chi connectivity index (χ2v) is 6.89. The van der Waals surface area contributed by atoms with Crippen molar-refractivity contribution in [3.8, 4) is 0 Å². The van der Waals surface area contributed by atoms with Crippen molar-refractivity contribution >= 4 is 0 Å². The summed E-state index contributed by atoms with van der Waals surface area (Å²) in [6.07, 6.45) is -4.04. The van der Waals surface area contributed by atoms with Crippen LogP contribution >= 0.6 is 0 Å². The van der Waals surface area contributed by atoms with E-state index >= 15 is 0 Å². The number of halogens is 9. The molecule has 0 aliphatic carbocycles. The van der Waals surface area contributed by atoms with Crippen LogP contribution in [0.4, 0.5) is 39.5 Å². The van der Waals surface area contributed by atoms with Gasteiger partial charge in [-0.05, 0) is 19.3 Å². The number of alkyl halides is 9. The van der Waals surface area contributed by atoms with Crippen molar-refractivity contribution in [1.82, 2.24) is 0 Å². The van der Waals surface area contributed by atoms with Gasteiger partial charge in [-0.25, -0.2) is 0 Å². The Morgan fingerprint density at radius 1 is 0.714 bits per heavy atom. The molecule has 1 atom stereocenters. The smallest absolute Gasteiger partial charge is 0.353 e. The Kier molecular flexibility index (Phi) is 9.37. The maximum Gasteiger partial charge on any atom is 0.460 e. The van der Waals surface area contributed by atoms with Gasteiger partial charge in [-0.15, -0.1) is 0 Å². The molecule has 1 heterocycles. The van der Waals surface area contributed by atoms with E-state index in [4.69, 9.17) is 9.47 Å². The van der Waals surface area contributed by atoms with Crippen LogP contribution in [-0.4, -0.2) is 43.4 Å². The highest BCUT2D eigenvalue weighted by molar-refractivity contribution is 5.00. The Morgan fingerprint density at radius 2 is 1.25 bits per heavy atom. The average Bonchev–Trinajstić information content (AvgIpc) is 3.08. The van der Waals surface area contributed by atoms with Crippen LogP contribution in [0.5, 0.6) is 0 Å². The fourth-order valence-corrected chi connectivity index (χ4v) is 2.79. The minimum absolute atomic E-state index is 0.0374. The SMILES string of the molecule is FC(F)(F)C(F)(F)C(F)(F)C(F)(F)CCCCCCCCCOC1CCCO1. The predicted octanol–water partition coefficient (Wildman–Crippen LogP) is 6.73. The van der Waals surface area contributed by atoms with Crippen LogP contribution in [0.3, 0.4) is 0 Å². The van der Waals surface area contributed by atoms with Gasteiger partial charge >= 0.3 is 23.9 Å². The molecule has 0 aromatic rings. The van der Waals surface area contributed by atoms with E-state index in [2.05, 4.69) is 0 Å². The van der Waals surface area contributed by atoms with Crippen LogP contribution in [0.1, 0.15) is 64.2 Å². The van der Waals surface area contributed by atoms with E-state index in [0.717, 1.165) is 32.1 Å². The van der Waals surface area contributed by atoms with E-state index < -0.39 is 36.8 Å². The zero-order valence-corrected chi connectivity index (χ0v) is 15.3. The van der Waals surface area contributed by atoms with E-state index in [1.54, 1.807) is 0 Å². The van der Waals surface area contributed by atoms with E-state index in [1.165, 1.54) is 0 Å². The first kappa shape index (κ1) is 25.3. The van der Waals surface area contributed by atoms with Gasteiger partial charge in [0.05, 0.1) is 0 Å². The van der Waals surface area contributed by atoms with Crippen molar-refractivity contribution in [3.63, 3.8) is 0 Å². The van der Waals surface area contributed by atoms with Crippen LogP contribution in [0.25, 0.3) is 0 Å². The summed E-state index contributed by atoms with van der Waals surface area (Å²) in [5.74, 6) is -18.7. The minimum atomic E-state index is -6.80. The lowest BCUT2D eigenvalue weighted by molar-refractivity contribution is -0.396. The molecule has 28 heavy (non-hydrogen) atoms. The molecule has 0 radical (unpaired) electrons. The summed E-state index contributed by atoms with van der Waals surface area (Å²) >= 11 is 0.